The molecule has 2 heterocycles. The van der Waals surface area contributed by atoms with E-state index in [2.05, 4.69) is 16.0 Å². The normalized spacial score (nSPS) is 32.5. The first-order valence-electron chi connectivity index (χ1n) is 8.49. The number of hydrogen-bond acceptors (Lipinski definition) is 3. The van der Waals surface area contributed by atoms with Crippen molar-refractivity contribution in [3.05, 3.63) is 0 Å². The lowest BCUT2D eigenvalue weighted by molar-refractivity contribution is -0.129. The van der Waals surface area contributed by atoms with Crippen LogP contribution in [0.3, 0.4) is 0 Å². The van der Waals surface area contributed by atoms with Crippen LogP contribution in [0.5, 0.6) is 0 Å². The predicted octanol–water partition coefficient (Wildman–Crippen LogP) is 1.08. The Morgan fingerprint density at radius 2 is 2.00 bits per heavy atom. The largest absolute Gasteiger partial charge is 0.355 e. The molecule has 2 atom stereocenters. The van der Waals surface area contributed by atoms with Crippen molar-refractivity contribution in [2.75, 3.05) is 13.1 Å². The monoisotopic (exact) mass is 293 g/mol. The van der Waals surface area contributed by atoms with Crippen LogP contribution in [0.15, 0.2) is 0 Å². The molecule has 2 amide bonds. The van der Waals surface area contributed by atoms with Crippen LogP contribution in [0.2, 0.25) is 0 Å². The number of carbonyl (C=O) groups is 2. The molecule has 0 bridgehead atoms. The Morgan fingerprint density at radius 3 is 2.71 bits per heavy atom. The van der Waals surface area contributed by atoms with Gasteiger partial charge in [0.1, 0.15) is 0 Å². The number of hydrogen-bond donors (Lipinski definition) is 3. The van der Waals surface area contributed by atoms with Crippen molar-refractivity contribution in [1.82, 2.24) is 16.0 Å². The van der Waals surface area contributed by atoms with E-state index in [0.29, 0.717) is 25.4 Å². The molecule has 3 rings (SSSR count). The van der Waals surface area contributed by atoms with Crippen LogP contribution < -0.4 is 16.0 Å². The first-order chi connectivity index (χ1) is 10.2. The molecule has 2 aliphatic heterocycles. The third kappa shape index (κ3) is 3.57. The van der Waals surface area contributed by atoms with Crippen LogP contribution in [0.1, 0.15) is 57.8 Å². The Morgan fingerprint density at radius 1 is 1.19 bits per heavy atom. The molecule has 0 aromatic heterocycles. The van der Waals surface area contributed by atoms with Crippen molar-refractivity contribution in [2.24, 2.45) is 5.92 Å². The molecule has 1 saturated carbocycles. The van der Waals surface area contributed by atoms with Crippen LogP contribution in [0.25, 0.3) is 0 Å². The molecule has 2 saturated heterocycles. The number of amides is 2. The molecule has 118 valence electrons. The second-order valence-electron chi connectivity index (χ2n) is 7.01. The lowest BCUT2D eigenvalue weighted by Crippen LogP contribution is -2.58. The molecule has 5 nitrogen and oxygen atoms in total. The third-order valence-electron chi connectivity index (χ3n) is 5.42. The van der Waals surface area contributed by atoms with Crippen molar-refractivity contribution < 1.29 is 9.59 Å². The number of piperidine rings is 2. The molecular weight excluding hydrogens is 266 g/mol. The first kappa shape index (κ1) is 14.8. The SMILES string of the molecule is O=C1CCC(C(=O)NC2CCNC3(CCCCC3)C2)CN1. The summed E-state index contributed by atoms with van der Waals surface area (Å²) in [6.07, 6.45) is 9.72. The average Bonchev–Trinajstić information content (AvgIpc) is 2.49. The summed E-state index contributed by atoms with van der Waals surface area (Å²) < 4.78 is 0. The van der Waals surface area contributed by atoms with Gasteiger partial charge in [0.2, 0.25) is 11.8 Å². The van der Waals surface area contributed by atoms with Crippen molar-refractivity contribution in [2.45, 2.75) is 69.4 Å². The van der Waals surface area contributed by atoms with Crippen LogP contribution >= 0.6 is 0 Å². The summed E-state index contributed by atoms with van der Waals surface area (Å²) in [7, 11) is 0. The van der Waals surface area contributed by atoms with E-state index in [1.54, 1.807) is 0 Å². The standard InChI is InChI=1S/C16H27N3O2/c20-14-5-4-12(11-17-14)15(21)19-13-6-9-18-16(10-13)7-2-1-3-8-16/h12-13,18H,1-11H2,(H,17,20)(H,19,21). The minimum Gasteiger partial charge on any atom is -0.355 e. The van der Waals surface area contributed by atoms with Crippen molar-refractivity contribution in [3.63, 3.8) is 0 Å². The molecule has 5 heteroatoms. The summed E-state index contributed by atoms with van der Waals surface area (Å²) >= 11 is 0. The van der Waals surface area contributed by atoms with Crippen LogP contribution in [0.4, 0.5) is 0 Å². The number of carbonyl (C=O) groups excluding carboxylic acids is 2. The molecule has 0 aromatic carbocycles. The zero-order valence-electron chi connectivity index (χ0n) is 12.7. The van der Waals surface area contributed by atoms with Crippen LogP contribution in [-0.2, 0) is 9.59 Å². The third-order valence-corrected chi connectivity index (χ3v) is 5.42. The molecule has 1 spiro atoms. The summed E-state index contributed by atoms with van der Waals surface area (Å²) in [5, 5.41) is 9.75. The fourth-order valence-electron chi connectivity index (χ4n) is 4.17. The van der Waals surface area contributed by atoms with Crippen LogP contribution in [-0.4, -0.2) is 36.5 Å². The maximum absolute atomic E-state index is 12.4. The molecule has 3 aliphatic rings. The van der Waals surface area contributed by atoms with Crippen molar-refractivity contribution in [3.8, 4) is 0 Å². The second kappa shape index (κ2) is 6.34. The minimum atomic E-state index is -0.0418. The summed E-state index contributed by atoms with van der Waals surface area (Å²) in [4.78, 5) is 23.5. The fourth-order valence-corrected chi connectivity index (χ4v) is 4.17. The smallest absolute Gasteiger partial charge is 0.225 e. The quantitative estimate of drug-likeness (QED) is 0.713. The van der Waals surface area contributed by atoms with E-state index in [0.717, 1.165) is 19.4 Å². The van der Waals surface area contributed by atoms with Gasteiger partial charge in [0.05, 0.1) is 5.92 Å². The van der Waals surface area contributed by atoms with E-state index in [-0.39, 0.29) is 23.3 Å². The van der Waals surface area contributed by atoms with Gasteiger partial charge >= 0.3 is 0 Å². The highest BCUT2D eigenvalue weighted by Crippen LogP contribution is 2.34. The lowest BCUT2D eigenvalue weighted by atomic mass is 9.75. The topological polar surface area (TPSA) is 70.2 Å². The van der Waals surface area contributed by atoms with E-state index >= 15 is 0 Å². The van der Waals surface area contributed by atoms with Gasteiger partial charge in [-0.05, 0) is 38.6 Å². The number of nitrogens with one attached hydrogen (secondary N) is 3. The highest BCUT2D eigenvalue weighted by molar-refractivity contribution is 5.83. The van der Waals surface area contributed by atoms with Crippen molar-refractivity contribution >= 4 is 11.8 Å². The first-order valence-corrected chi connectivity index (χ1v) is 8.49. The van der Waals surface area contributed by atoms with Gasteiger partial charge in [-0.25, -0.2) is 0 Å². The van der Waals surface area contributed by atoms with Gasteiger partial charge < -0.3 is 16.0 Å². The van der Waals surface area contributed by atoms with Gasteiger partial charge in [-0.15, -0.1) is 0 Å². The van der Waals surface area contributed by atoms with E-state index in [4.69, 9.17) is 0 Å². The van der Waals surface area contributed by atoms with Gasteiger partial charge in [-0.2, -0.15) is 0 Å². The maximum Gasteiger partial charge on any atom is 0.225 e. The Kier molecular flexibility index (Phi) is 4.48. The average molecular weight is 293 g/mol. The van der Waals surface area contributed by atoms with Crippen LogP contribution in [0, 0.1) is 5.92 Å². The molecule has 3 N–H and O–H groups in total. The number of rotatable bonds is 2. The van der Waals surface area contributed by atoms with Crippen molar-refractivity contribution in [1.29, 1.82) is 0 Å². The molecule has 21 heavy (non-hydrogen) atoms. The zero-order chi connectivity index (χ0) is 14.7. The highest BCUT2D eigenvalue weighted by atomic mass is 16.2. The summed E-state index contributed by atoms with van der Waals surface area (Å²) in [5.41, 5.74) is 0.273. The molecule has 3 fully saturated rings. The van der Waals surface area contributed by atoms with E-state index in [1.165, 1.54) is 32.1 Å². The molecular formula is C16H27N3O2. The fraction of sp³-hybridized carbons (Fsp3) is 0.875. The van der Waals surface area contributed by atoms with E-state index < -0.39 is 0 Å². The Hall–Kier alpha value is -1.10. The Bertz CT molecular complexity index is 389. The maximum atomic E-state index is 12.4. The van der Waals surface area contributed by atoms with E-state index in [1.807, 2.05) is 0 Å². The second-order valence-corrected chi connectivity index (χ2v) is 7.01. The molecule has 0 aromatic rings. The summed E-state index contributed by atoms with van der Waals surface area (Å²) in [5.74, 6) is 0.162. The highest BCUT2D eigenvalue weighted by Gasteiger charge is 2.38. The van der Waals surface area contributed by atoms with Gasteiger partial charge in [-0.3, -0.25) is 9.59 Å². The lowest BCUT2D eigenvalue weighted by Gasteiger charge is -2.45. The summed E-state index contributed by atoms with van der Waals surface area (Å²) in [6.45, 7) is 1.51. The van der Waals surface area contributed by atoms with E-state index in [9.17, 15) is 9.59 Å². The van der Waals surface area contributed by atoms with Gasteiger partial charge in [-0.1, -0.05) is 19.3 Å². The predicted molar refractivity (Wildman–Crippen MR) is 80.7 cm³/mol. The van der Waals surface area contributed by atoms with Gasteiger partial charge in [0.25, 0.3) is 0 Å². The minimum absolute atomic E-state index is 0.0418. The Balaban J connectivity index is 1.52. The molecule has 2 unspecified atom stereocenters. The summed E-state index contributed by atoms with van der Waals surface area (Å²) in [6, 6.07) is 0.300. The Labute approximate surface area is 126 Å². The molecule has 0 radical (unpaired) electrons. The van der Waals surface area contributed by atoms with Gasteiger partial charge in [0.15, 0.2) is 0 Å². The zero-order valence-corrected chi connectivity index (χ0v) is 12.7. The molecule has 1 aliphatic carbocycles. The van der Waals surface area contributed by atoms with Gasteiger partial charge in [0, 0.05) is 24.5 Å².